The highest BCUT2D eigenvalue weighted by Crippen LogP contribution is 2.17. The van der Waals surface area contributed by atoms with Crippen molar-refractivity contribution < 1.29 is 31.7 Å². The number of amides is 1. The summed E-state index contributed by atoms with van der Waals surface area (Å²) in [6.07, 6.45) is 2.05. The Morgan fingerprint density at radius 1 is 1.03 bits per heavy atom. The Bertz CT molecular complexity index is 1060. The largest absolute Gasteiger partial charge is 0.748 e. The monoisotopic (exact) mass is 489 g/mol. The number of likely N-dealkylation sites (N-methyl/N-ethyl adjacent to an activating group) is 1. The molecule has 0 heterocycles. The number of nitrogens with zero attached hydrogens (tertiary/aromatic N) is 2. The molecule has 0 fully saturated rings. The van der Waals surface area contributed by atoms with Crippen molar-refractivity contribution in [1.82, 2.24) is 0 Å². The minimum atomic E-state index is -4.23. The van der Waals surface area contributed by atoms with Gasteiger partial charge in [-0.2, -0.15) is 0 Å². The Hall–Kier alpha value is -3.13. The molecule has 0 radical (unpaired) electrons. The molecule has 0 aromatic heterocycles. The van der Waals surface area contributed by atoms with Gasteiger partial charge in [0, 0.05) is 17.9 Å². The summed E-state index contributed by atoms with van der Waals surface area (Å²) in [6, 6.07) is 14.7. The number of carbonyl (C=O) groups is 1. The van der Waals surface area contributed by atoms with Gasteiger partial charge in [-0.05, 0) is 55.7 Å². The van der Waals surface area contributed by atoms with Crippen molar-refractivity contribution in [3.8, 4) is 12.0 Å². The molecule has 34 heavy (non-hydrogen) atoms. The highest BCUT2D eigenvalue weighted by molar-refractivity contribution is 7.85. The van der Waals surface area contributed by atoms with E-state index in [4.69, 9.17) is 14.7 Å². The van der Waals surface area contributed by atoms with Gasteiger partial charge in [-0.15, -0.1) is 5.26 Å². The molecule has 184 valence electrons. The predicted molar refractivity (Wildman–Crippen MR) is 127 cm³/mol. The van der Waals surface area contributed by atoms with Crippen LogP contribution in [-0.2, 0) is 21.3 Å². The van der Waals surface area contributed by atoms with E-state index in [2.05, 4.69) is 5.32 Å². The number of ether oxygens (including phenoxy) is 2. The van der Waals surface area contributed by atoms with Gasteiger partial charge in [0.25, 0.3) is 6.26 Å². The van der Waals surface area contributed by atoms with Gasteiger partial charge in [0.15, 0.2) is 0 Å². The summed E-state index contributed by atoms with van der Waals surface area (Å²) in [5.41, 5.74) is 2.73. The molecule has 2 aromatic rings. The topological polar surface area (TPSA) is 129 Å². The Labute approximate surface area is 201 Å². The summed E-state index contributed by atoms with van der Waals surface area (Å²) in [7, 11) is -4.23. The third kappa shape index (κ3) is 9.39. The number of anilines is 1. The van der Waals surface area contributed by atoms with Gasteiger partial charge >= 0.3 is 6.09 Å². The lowest BCUT2D eigenvalue weighted by molar-refractivity contribution is -0.925. The molecule has 0 spiro atoms. The van der Waals surface area contributed by atoms with Crippen LogP contribution in [0.4, 0.5) is 10.5 Å². The predicted octanol–water partition coefficient (Wildman–Crippen LogP) is 3.48. The van der Waals surface area contributed by atoms with Crippen LogP contribution in [0.2, 0.25) is 0 Å². The fraction of sp³-hybridized carbons (Fsp3) is 0.417. The zero-order chi connectivity index (χ0) is 25.0. The number of nitriles is 1. The van der Waals surface area contributed by atoms with E-state index >= 15 is 0 Å². The second-order valence-electron chi connectivity index (χ2n) is 8.01. The van der Waals surface area contributed by atoms with E-state index in [1.165, 1.54) is 0 Å². The van der Waals surface area contributed by atoms with Crippen LogP contribution in [0.25, 0.3) is 0 Å². The third-order valence-electron chi connectivity index (χ3n) is 5.86. The summed E-state index contributed by atoms with van der Waals surface area (Å²) >= 11 is 0. The van der Waals surface area contributed by atoms with E-state index in [0.717, 1.165) is 24.2 Å². The maximum absolute atomic E-state index is 12.2. The van der Waals surface area contributed by atoms with Crippen LogP contribution in [0.3, 0.4) is 0 Å². The molecule has 0 saturated carbocycles. The molecule has 1 N–H and O–H groups in total. The quantitative estimate of drug-likeness (QED) is 0.259. The summed E-state index contributed by atoms with van der Waals surface area (Å²) in [5, 5.41) is 11.2. The average Bonchev–Trinajstić information content (AvgIpc) is 2.80. The molecule has 0 aliphatic heterocycles. The van der Waals surface area contributed by atoms with Crippen molar-refractivity contribution in [3.05, 3.63) is 59.7 Å². The first-order valence-corrected chi connectivity index (χ1v) is 12.7. The molecule has 0 atom stereocenters. The maximum atomic E-state index is 12.2. The van der Waals surface area contributed by atoms with Crippen molar-refractivity contribution in [2.24, 2.45) is 0 Å². The maximum Gasteiger partial charge on any atom is 0.411 e. The molecule has 1 amide bonds. The first-order valence-electron chi connectivity index (χ1n) is 11.1. The molecular formula is C24H31N3O6S. The number of quaternary nitrogens is 1. The Morgan fingerprint density at radius 3 is 2.15 bits per heavy atom. The highest BCUT2D eigenvalue weighted by Gasteiger charge is 2.23. The summed E-state index contributed by atoms with van der Waals surface area (Å²) in [6.45, 7) is 6.73. The second-order valence-corrected chi connectivity index (χ2v) is 9.53. The molecule has 2 rings (SSSR count). The zero-order valence-corrected chi connectivity index (χ0v) is 20.3. The van der Waals surface area contributed by atoms with Crippen LogP contribution in [0.1, 0.15) is 31.4 Å². The summed E-state index contributed by atoms with van der Waals surface area (Å²) in [5.74, 6) is 0.110. The first-order chi connectivity index (χ1) is 16.2. The number of benzene rings is 2. The lowest BCUT2D eigenvalue weighted by atomic mass is 10.0. The Kier molecular flexibility index (Phi) is 10.3. The van der Waals surface area contributed by atoms with Crippen LogP contribution in [0.5, 0.6) is 5.75 Å². The van der Waals surface area contributed by atoms with E-state index in [9.17, 15) is 17.8 Å². The lowest BCUT2D eigenvalue weighted by Gasteiger charge is -2.36. The van der Waals surface area contributed by atoms with Crippen molar-refractivity contribution in [3.63, 3.8) is 0 Å². The third-order valence-corrected chi connectivity index (χ3v) is 6.65. The minimum absolute atomic E-state index is 0.182. The van der Waals surface area contributed by atoms with E-state index < -0.39 is 16.2 Å². The summed E-state index contributed by atoms with van der Waals surface area (Å²) in [4.78, 5) is 12.2. The van der Waals surface area contributed by atoms with Gasteiger partial charge in [-0.3, -0.25) is 5.32 Å². The SMILES string of the molecule is CC[N+](CC)(CCCS(=O)(=O)[O-])CCOC(=O)Nc1ccc(Cc2ccc(OC#N)cc2)cc1. The molecule has 0 saturated heterocycles. The van der Waals surface area contributed by atoms with Crippen LogP contribution < -0.4 is 10.1 Å². The van der Waals surface area contributed by atoms with E-state index in [0.29, 0.717) is 35.4 Å². The average molecular weight is 490 g/mol. The van der Waals surface area contributed by atoms with Crippen LogP contribution in [0, 0.1) is 11.5 Å². The van der Waals surface area contributed by atoms with Gasteiger partial charge in [-0.1, -0.05) is 24.3 Å². The van der Waals surface area contributed by atoms with Crippen molar-refractivity contribution in [1.29, 1.82) is 5.26 Å². The number of carbonyl (C=O) groups excluding carboxylic acids is 1. The van der Waals surface area contributed by atoms with Crippen LogP contribution >= 0.6 is 0 Å². The normalized spacial score (nSPS) is 11.5. The molecule has 0 aliphatic carbocycles. The van der Waals surface area contributed by atoms with Gasteiger partial charge in [-0.25, -0.2) is 13.2 Å². The van der Waals surface area contributed by atoms with Crippen LogP contribution in [0.15, 0.2) is 48.5 Å². The fourth-order valence-electron chi connectivity index (χ4n) is 3.70. The smallest absolute Gasteiger partial charge is 0.411 e. The van der Waals surface area contributed by atoms with Crippen molar-refractivity contribution in [2.75, 3.05) is 43.9 Å². The lowest BCUT2D eigenvalue weighted by Crippen LogP contribution is -2.51. The number of nitrogens with one attached hydrogen (secondary N) is 1. The van der Waals surface area contributed by atoms with Gasteiger partial charge in [0.05, 0.1) is 29.8 Å². The highest BCUT2D eigenvalue weighted by atomic mass is 32.2. The van der Waals surface area contributed by atoms with Crippen molar-refractivity contribution in [2.45, 2.75) is 26.7 Å². The standard InChI is InChI=1S/C24H31N3O6S/c1-3-27(4-2,14-5-17-34(29,30)31)15-16-32-24(28)26-22-10-6-20(7-11-22)18-21-8-12-23(13-9-21)33-19-25/h6-13H,3-5,14-18H2,1-2H3,(H-,26,28,29,30,31). The van der Waals surface area contributed by atoms with Gasteiger partial charge in [0.1, 0.15) is 18.9 Å². The first kappa shape index (κ1) is 27.1. The number of rotatable bonds is 13. The molecule has 0 bridgehead atoms. The van der Waals surface area contributed by atoms with Gasteiger partial charge in [0.2, 0.25) is 0 Å². The molecule has 9 nitrogen and oxygen atoms in total. The Balaban J connectivity index is 1.81. The molecular weight excluding hydrogens is 458 g/mol. The van der Waals surface area contributed by atoms with E-state index in [1.54, 1.807) is 30.5 Å². The fourth-order valence-corrected chi connectivity index (χ4v) is 4.18. The molecule has 2 aromatic carbocycles. The summed E-state index contributed by atoms with van der Waals surface area (Å²) < 4.78 is 43.3. The van der Waals surface area contributed by atoms with E-state index in [-0.39, 0.29) is 18.8 Å². The van der Waals surface area contributed by atoms with Crippen LogP contribution in [-0.4, -0.2) is 62.1 Å². The van der Waals surface area contributed by atoms with Gasteiger partial charge < -0.3 is 18.5 Å². The molecule has 0 aliphatic rings. The van der Waals surface area contributed by atoms with E-state index in [1.807, 2.05) is 38.1 Å². The minimum Gasteiger partial charge on any atom is -0.748 e. The molecule has 10 heteroatoms. The number of hydrogen-bond acceptors (Lipinski definition) is 7. The number of hydrogen-bond donors (Lipinski definition) is 1. The Morgan fingerprint density at radius 2 is 1.62 bits per heavy atom. The second kappa shape index (κ2) is 12.9. The zero-order valence-electron chi connectivity index (χ0n) is 19.5. The van der Waals surface area contributed by atoms with Crippen molar-refractivity contribution >= 4 is 21.9 Å². The molecule has 0 unspecified atom stereocenters.